The van der Waals surface area contributed by atoms with E-state index in [1.165, 1.54) is 5.56 Å². The molecule has 1 aromatic carbocycles. The van der Waals surface area contributed by atoms with Gasteiger partial charge in [-0.1, -0.05) is 6.07 Å². The first-order valence-electron chi connectivity index (χ1n) is 4.86. The van der Waals surface area contributed by atoms with Crippen molar-refractivity contribution in [1.29, 1.82) is 0 Å². The lowest BCUT2D eigenvalue weighted by Crippen LogP contribution is -2.09. The van der Waals surface area contributed by atoms with Crippen molar-refractivity contribution in [3.63, 3.8) is 0 Å². The molecular formula is C11H18N2O. The van der Waals surface area contributed by atoms with E-state index in [2.05, 4.69) is 18.3 Å². The van der Waals surface area contributed by atoms with Crippen LogP contribution in [0.1, 0.15) is 12.0 Å². The summed E-state index contributed by atoms with van der Waals surface area (Å²) >= 11 is 0. The van der Waals surface area contributed by atoms with E-state index in [-0.39, 0.29) is 0 Å². The predicted octanol–water partition coefficient (Wildman–Crippen LogP) is 1.76. The highest BCUT2D eigenvalue weighted by atomic mass is 16.5. The molecule has 0 fully saturated rings. The Morgan fingerprint density at radius 1 is 1.43 bits per heavy atom. The predicted molar refractivity (Wildman–Crippen MR) is 59.9 cm³/mol. The first-order chi connectivity index (χ1) is 6.77. The molecule has 3 N–H and O–H groups in total. The van der Waals surface area contributed by atoms with Crippen LogP contribution in [0.5, 0.6) is 5.75 Å². The maximum atomic E-state index is 5.42. The average molecular weight is 194 g/mol. The highest BCUT2D eigenvalue weighted by molar-refractivity contribution is 5.57. The first-order valence-corrected chi connectivity index (χ1v) is 4.86. The zero-order valence-electron chi connectivity index (χ0n) is 8.84. The van der Waals surface area contributed by atoms with Crippen molar-refractivity contribution in [2.24, 2.45) is 5.73 Å². The second-order valence-electron chi connectivity index (χ2n) is 3.27. The van der Waals surface area contributed by atoms with E-state index in [1.54, 1.807) is 7.11 Å². The molecule has 1 aromatic rings. The number of hydrogen-bond donors (Lipinski definition) is 2. The third-order valence-corrected chi connectivity index (χ3v) is 2.05. The van der Waals surface area contributed by atoms with Gasteiger partial charge in [0.25, 0.3) is 0 Å². The fraction of sp³-hybridized carbons (Fsp3) is 0.455. The van der Waals surface area contributed by atoms with Crippen molar-refractivity contribution >= 4 is 5.69 Å². The standard InChI is InChI=1S/C11H18N2O/c1-9-4-5-11(14-2)10(8-9)13-7-3-6-12/h4-5,8,13H,3,6-7,12H2,1-2H3. The Balaban J connectivity index is 2.67. The van der Waals surface area contributed by atoms with Gasteiger partial charge in [0.1, 0.15) is 5.75 Å². The summed E-state index contributed by atoms with van der Waals surface area (Å²) in [5.74, 6) is 0.882. The third-order valence-electron chi connectivity index (χ3n) is 2.05. The fourth-order valence-electron chi connectivity index (χ4n) is 1.29. The van der Waals surface area contributed by atoms with Gasteiger partial charge in [-0.3, -0.25) is 0 Å². The molecule has 0 aliphatic rings. The maximum Gasteiger partial charge on any atom is 0.141 e. The lowest BCUT2D eigenvalue weighted by molar-refractivity contribution is 0.416. The molecule has 0 unspecified atom stereocenters. The molecule has 0 heterocycles. The molecule has 78 valence electrons. The lowest BCUT2D eigenvalue weighted by atomic mass is 10.2. The Bertz CT molecular complexity index is 287. The number of hydrogen-bond acceptors (Lipinski definition) is 3. The molecule has 14 heavy (non-hydrogen) atoms. The largest absolute Gasteiger partial charge is 0.495 e. The molecule has 1 rings (SSSR count). The van der Waals surface area contributed by atoms with E-state index in [4.69, 9.17) is 10.5 Å². The van der Waals surface area contributed by atoms with Crippen LogP contribution in [0, 0.1) is 6.92 Å². The summed E-state index contributed by atoms with van der Waals surface area (Å²) in [5, 5.41) is 3.30. The normalized spacial score (nSPS) is 9.93. The fourth-order valence-corrected chi connectivity index (χ4v) is 1.29. The molecule has 0 spiro atoms. The molecule has 0 aliphatic carbocycles. The van der Waals surface area contributed by atoms with Gasteiger partial charge in [-0.05, 0) is 37.6 Å². The smallest absolute Gasteiger partial charge is 0.141 e. The highest BCUT2D eigenvalue weighted by Gasteiger charge is 2.01. The molecule has 0 aromatic heterocycles. The maximum absolute atomic E-state index is 5.42. The van der Waals surface area contributed by atoms with Gasteiger partial charge in [0.15, 0.2) is 0 Å². The van der Waals surface area contributed by atoms with Gasteiger partial charge in [-0.25, -0.2) is 0 Å². The van der Waals surface area contributed by atoms with E-state index < -0.39 is 0 Å². The minimum absolute atomic E-state index is 0.709. The number of ether oxygens (including phenoxy) is 1. The monoisotopic (exact) mass is 194 g/mol. The second kappa shape index (κ2) is 5.50. The van der Waals surface area contributed by atoms with Crippen LogP contribution in [0.4, 0.5) is 5.69 Å². The van der Waals surface area contributed by atoms with Crippen LogP contribution >= 0.6 is 0 Å². The summed E-state index contributed by atoms with van der Waals surface area (Å²) < 4.78 is 5.24. The van der Waals surface area contributed by atoms with Crippen LogP contribution in [0.2, 0.25) is 0 Å². The van der Waals surface area contributed by atoms with Crippen molar-refractivity contribution in [3.8, 4) is 5.75 Å². The van der Waals surface area contributed by atoms with Crippen LogP contribution in [0.25, 0.3) is 0 Å². The molecular weight excluding hydrogens is 176 g/mol. The summed E-state index contributed by atoms with van der Waals surface area (Å²) in [6.07, 6.45) is 0.969. The summed E-state index contributed by atoms with van der Waals surface area (Å²) in [7, 11) is 1.68. The first kappa shape index (κ1) is 10.9. The minimum Gasteiger partial charge on any atom is -0.495 e. The molecule has 3 nitrogen and oxygen atoms in total. The topological polar surface area (TPSA) is 47.3 Å². The number of nitrogens with one attached hydrogen (secondary N) is 1. The number of aryl methyl sites for hydroxylation is 1. The van der Waals surface area contributed by atoms with Crippen LogP contribution in [-0.2, 0) is 0 Å². The van der Waals surface area contributed by atoms with E-state index in [0.717, 1.165) is 24.4 Å². The van der Waals surface area contributed by atoms with Crippen molar-refractivity contribution in [1.82, 2.24) is 0 Å². The number of benzene rings is 1. The Kier molecular flexibility index (Phi) is 4.26. The minimum atomic E-state index is 0.709. The lowest BCUT2D eigenvalue weighted by Gasteiger charge is -2.11. The van der Waals surface area contributed by atoms with Crippen molar-refractivity contribution in [2.45, 2.75) is 13.3 Å². The molecule has 0 atom stereocenters. The molecule has 3 heteroatoms. The SMILES string of the molecule is COc1ccc(C)cc1NCCCN. The third kappa shape index (κ3) is 2.92. The van der Waals surface area contributed by atoms with Gasteiger partial charge in [0.2, 0.25) is 0 Å². The van der Waals surface area contributed by atoms with Gasteiger partial charge in [-0.15, -0.1) is 0 Å². The van der Waals surface area contributed by atoms with E-state index in [0.29, 0.717) is 6.54 Å². The van der Waals surface area contributed by atoms with Crippen molar-refractivity contribution < 1.29 is 4.74 Å². The van der Waals surface area contributed by atoms with Gasteiger partial charge in [-0.2, -0.15) is 0 Å². The van der Waals surface area contributed by atoms with E-state index in [1.807, 2.05) is 12.1 Å². The van der Waals surface area contributed by atoms with E-state index >= 15 is 0 Å². The summed E-state index contributed by atoms with van der Waals surface area (Å²) in [4.78, 5) is 0. The zero-order chi connectivity index (χ0) is 10.4. The molecule has 0 saturated heterocycles. The van der Waals surface area contributed by atoms with E-state index in [9.17, 15) is 0 Å². The Morgan fingerprint density at radius 3 is 2.86 bits per heavy atom. The average Bonchev–Trinajstić information content (AvgIpc) is 2.19. The molecule has 0 bridgehead atoms. The highest BCUT2D eigenvalue weighted by Crippen LogP contribution is 2.24. The summed E-state index contributed by atoms with van der Waals surface area (Å²) in [5.41, 5.74) is 7.69. The Labute approximate surface area is 85.3 Å². The quantitative estimate of drug-likeness (QED) is 0.702. The second-order valence-corrected chi connectivity index (χ2v) is 3.27. The van der Waals surface area contributed by atoms with Crippen LogP contribution in [-0.4, -0.2) is 20.2 Å². The van der Waals surface area contributed by atoms with Gasteiger partial charge < -0.3 is 15.8 Å². The number of rotatable bonds is 5. The molecule has 0 aliphatic heterocycles. The Morgan fingerprint density at radius 2 is 2.21 bits per heavy atom. The number of anilines is 1. The van der Waals surface area contributed by atoms with Gasteiger partial charge >= 0.3 is 0 Å². The van der Waals surface area contributed by atoms with Crippen LogP contribution in [0.15, 0.2) is 18.2 Å². The van der Waals surface area contributed by atoms with Gasteiger partial charge in [0, 0.05) is 6.54 Å². The summed E-state index contributed by atoms with van der Waals surface area (Å²) in [6.45, 7) is 3.66. The molecule has 0 saturated carbocycles. The number of nitrogens with two attached hydrogens (primary N) is 1. The molecule has 0 radical (unpaired) electrons. The molecule has 0 amide bonds. The van der Waals surface area contributed by atoms with Crippen LogP contribution in [0.3, 0.4) is 0 Å². The number of methoxy groups -OCH3 is 1. The zero-order valence-corrected chi connectivity index (χ0v) is 8.84. The van der Waals surface area contributed by atoms with Crippen molar-refractivity contribution in [3.05, 3.63) is 23.8 Å². The van der Waals surface area contributed by atoms with Crippen molar-refractivity contribution in [2.75, 3.05) is 25.5 Å². The summed E-state index contributed by atoms with van der Waals surface area (Å²) in [6, 6.07) is 6.09. The Hall–Kier alpha value is -1.22. The van der Waals surface area contributed by atoms with Gasteiger partial charge in [0.05, 0.1) is 12.8 Å². The van der Waals surface area contributed by atoms with Crippen LogP contribution < -0.4 is 15.8 Å².